The van der Waals surface area contributed by atoms with Crippen LogP contribution in [0.3, 0.4) is 0 Å². The minimum absolute atomic E-state index is 1.66. The maximum atomic E-state index is 4.94. The summed E-state index contributed by atoms with van der Waals surface area (Å²) in [5.74, 6) is 0. The van der Waals surface area contributed by atoms with Gasteiger partial charge in [-0.15, -0.1) is 0 Å². The zero-order valence-corrected chi connectivity index (χ0v) is 15.4. The number of halogens is 3. The van der Waals surface area contributed by atoms with Gasteiger partial charge < -0.3 is 0 Å². The van der Waals surface area contributed by atoms with Gasteiger partial charge >= 0.3 is 42.1 Å². The fraction of sp³-hybridized carbons (Fsp3) is 0. The summed E-state index contributed by atoms with van der Waals surface area (Å²) < 4.78 is 0. The van der Waals surface area contributed by atoms with Gasteiger partial charge in [-0.3, -0.25) is 15.0 Å². The predicted molar refractivity (Wildman–Crippen MR) is 90.3 cm³/mol. The smallest absolute Gasteiger partial charge is 0.0267 e. The summed E-state index contributed by atoms with van der Waals surface area (Å²) in [5, 5.41) is 0. The van der Waals surface area contributed by atoms with Crippen molar-refractivity contribution in [2.45, 2.75) is 0 Å². The Kier molecular flexibility index (Phi) is 17.1. The Bertz CT molecular complexity index is 358. The van der Waals surface area contributed by atoms with Gasteiger partial charge in [0, 0.05) is 37.2 Å². The van der Waals surface area contributed by atoms with E-state index >= 15 is 0 Å². The Morgan fingerprint density at radius 1 is 0.409 bits per heavy atom. The molecule has 0 aliphatic rings. The first-order valence-electron chi connectivity index (χ1n) is 5.93. The van der Waals surface area contributed by atoms with Crippen LogP contribution in [0.4, 0.5) is 0 Å². The zero-order valence-electron chi connectivity index (χ0n) is 11.5. The van der Waals surface area contributed by atoms with Crippen LogP contribution in [-0.4, -0.2) is 15.0 Å². The molecule has 0 aliphatic heterocycles. The van der Waals surface area contributed by atoms with E-state index in [4.69, 9.17) is 29.1 Å². The third-order valence-electron chi connectivity index (χ3n) is 1.70. The summed E-state index contributed by atoms with van der Waals surface area (Å²) in [5.41, 5.74) is 0. The minimum atomic E-state index is -1.66. The van der Waals surface area contributed by atoms with Crippen LogP contribution in [0.15, 0.2) is 91.8 Å². The summed E-state index contributed by atoms with van der Waals surface area (Å²) >= 11 is -1.66. The van der Waals surface area contributed by atoms with Crippen LogP contribution in [0.25, 0.3) is 0 Å². The fourth-order valence-corrected chi connectivity index (χ4v) is 0.938. The second-order valence-corrected chi connectivity index (χ2v) is 10.7. The average Bonchev–Trinajstić information content (AvgIpc) is 2.60. The molecule has 22 heavy (non-hydrogen) atoms. The second kappa shape index (κ2) is 18.0. The molecule has 0 N–H and O–H groups in total. The Labute approximate surface area is 148 Å². The van der Waals surface area contributed by atoms with Crippen molar-refractivity contribution in [3.8, 4) is 0 Å². The Morgan fingerprint density at radius 2 is 0.591 bits per heavy atom. The molecule has 120 valence electrons. The monoisotopic (exact) mass is 445 g/mol. The van der Waals surface area contributed by atoms with Gasteiger partial charge in [0.25, 0.3) is 0 Å². The molecule has 0 atom stereocenters. The first kappa shape index (κ1) is 20.9. The molecule has 3 rings (SSSR count). The number of hydrogen-bond acceptors (Lipinski definition) is 3. The second-order valence-electron chi connectivity index (χ2n) is 3.22. The van der Waals surface area contributed by atoms with Crippen LogP contribution in [0.1, 0.15) is 0 Å². The number of pyridine rings is 3. The molecule has 3 heterocycles. The van der Waals surface area contributed by atoms with E-state index in [1.54, 1.807) is 37.2 Å². The van der Waals surface area contributed by atoms with Crippen LogP contribution < -0.4 is 0 Å². The van der Waals surface area contributed by atoms with E-state index in [2.05, 4.69) is 15.0 Å². The standard InChI is InChI=1S/3C5H5N.3ClH.Rh/c3*1-2-4-6-5-3-1;;;;/h3*1-5H;3*1H;/q;;;;;;+3/p-3. The molecule has 0 saturated carbocycles. The molecule has 0 fully saturated rings. The number of hydrogen-bond donors (Lipinski definition) is 0. The van der Waals surface area contributed by atoms with Gasteiger partial charge in [-0.05, 0) is 36.4 Å². The topological polar surface area (TPSA) is 38.7 Å². The van der Waals surface area contributed by atoms with Gasteiger partial charge in [-0.1, -0.05) is 18.2 Å². The third kappa shape index (κ3) is 21.2. The molecule has 0 saturated heterocycles. The minimum Gasteiger partial charge on any atom is -0.265 e. The number of aromatic nitrogens is 3. The van der Waals surface area contributed by atoms with Crippen LogP contribution in [-0.2, 0) is 13.0 Å². The van der Waals surface area contributed by atoms with Crippen LogP contribution in [0, 0.1) is 0 Å². The van der Waals surface area contributed by atoms with E-state index in [1.165, 1.54) is 0 Å². The SMILES string of the molecule is [Cl][Rh]([Cl])[Cl].c1ccncc1.c1ccncc1.c1ccncc1. The Hall–Kier alpha value is -1.06. The van der Waals surface area contributed by atoms with Crippen molar-refractivity contribution >= 4 is 29.1 Å². The van der Waals surface area contributed by atoms with E-state index in [9.17, 15) is 0 Å². The maximum absolute atomic E-state index is 4.94. The first-order chi connectivity index (χ1) is 10.7. The van der Waals surface area contributed by atoms with E-state index < -0.39 is 13.0 Å². The van der Waals surface area contributed by atoms with E-state index in [0.717, 1.165) is 0 Å². The van der Waals surface area contributed by atoms with Crippen molar-refractivity contribution in [3.63, 3.8) is 0 Å². The molecule has 3 nitrogen and oxygen atoms in total. The molecule has 3 aromatic rings. The van der Waals surface area contributed by atoms with Gasteiger partial charge in [0.15, 0.2) is 0 Å². The van der Waals surface area contributed by atoms with Gasteiger partial charge in [-0.2, -0.15) is 0 Å². The van der Waals surface area contributed by atoms with E-state index in [0.29, 0.717) is 0 Å². The Balaban J connectivity index is 0.000000271. The van der Waals surface area contributed by atoms with Gasteiger partial charge in [0.2, 0.25) is 0 Å². The summed E-state index contributed by atoms with van der Waals surface area (Å²) in [4.78, 5) is 11.4. The summed E-state index contributed by atoms with van der Waals surface area (Å²) in [6.45, 7) is 0. The molecule has 0 unspecified atom stereocenters. The summed E-state index contributed by atoms with van der Waals surface area (Å²) in [7, 11) is 14.8. The predicted octanol–water partition coefficient (Wildman–Crippen LogP) is 5.31. The van der Waals surface area contributed by atoms with Crippen molar-refractivity contribution in [2.24, 2.45) is 0 Å². The average molecular weight is 447 g/mol. The number of nitrogens with zero attached hydrogens (tertiary/aromatic N) is 3. The quantitative estimate of drug-likeness (QED) is 0.439. The molecular weight excluding hydrogens is 431 g/mol. The number of rotatable bonds is 0. The molecule has 0 spiro atoms. The molecule has 0 bridgehead atoms. The van der Waals surface area contributed by atoms with E-state index in [1.807, 2.05) is 54.6 Å². The van der Waals surface area contributed by atoms with Crippen molar-refractivity contribution in [3.05, 3.63) is 91.8 Å². The van der Waals surface area contributed by atoms with Gasteiger partial charge in [0.05, 0.1) is 0 Å². The molecule has 0 aromatic carbocycles. The summed E-state index contributed by atoms with van der Waals surface area (Å²) in [6, 6.07) is 17.1. The molecular formula is C15H15Cl3N3Rh. The summed E-state index contributed by atoms with van der Waals surface area (Å²) in [6.07, 6.45) is 10.5. The maximum Gasteiger partial charge on any atom is 0.0267 e. The molecule has 0 amide bonds. The van der Waals surface area contributed by atoms with Gasteiger partial charge in [0.1, 0.15) is 0 Å². The molecule has 7 heteroatoms. The van der Waals surface area contributed by atoms with E-state index in [-0.39, 0.29) is 0 Å². The van der Waals surface area contributed by atoms with Crippen molar-refractivity contribution in [1.82, 2.24) is 15.0 Å². The zero-order chi connectivity index (χ0) is 16.3. The molecule has 0 aliphatic carbocycles. The molecule has 3 aromatic heterocycles. The normalized spacial score (nSPS) is 8.59. The van der Waals surface area contributed by atoms with Crippen LogP contribution >= 0.6 is 29.1 Å². The van der Waals surface area contributed by atoms with Gasteiger partial charge in [-0.25, -0.2) is 0 Å². The van der Waals surface area contributed by atoms with Crippen molar-refractivity contribution in [2.75, 3.05) is 0 Å². The van der Waals surface area contributed by atoms with Crippen molar-refractivity contribution < 1.29 is 13.0 Å². The Morgan fingerprint density at radius 3 is 0.636 bits per heavy atom. The third-order valence-corrected chi connectivity index (χ3v) is 1.70. The first-order valence-corrected chi connectivity index (χ1v) is 12.3. The fourth-order valence-electron chi connectivity index (χ4n) is 0.938. The van der Waals surface area contributed by atoms with Crippen LogP contribution in [0.2, 0.25) is 0 Å². The molecule has 0 radical (unpaired) electrons. The van der Waals surface area contributed by atoms with Crippen LogP contribution in [0.5, 0.6) is 0 Å². The van der Waals surface area contributed by atoms with Crippen molar-refractivity contribution in [1.29, 1.82) is 0 Å². The largest absolute Gasteiger partial charge is 0.265 e.